The van der Waals surface area contributed by atoms with Gasteiger partial charge in [0.2, 0.25) is 5.91 Å². The molecule has 0 spiro atoms. The topological polar surface area (TPSA) is 94.2 Å². The average Bonchev–Trinajstić information content (AvgIpc) is 3.18. The minimum absolute atomic E-state index is 0.0492. The zero-order chi connectivity index (χ0) is 26.3. The molecule has 2 aromatic carbocycles. The Bertz CT molecular complexity index is 1130. The number of benzene rings is 2. The van der Waals surface area contributed by atoms with E-state index in [2.05, 4.69) is 15.5 Å². The van der Waals surface area contributed by atoms with Gasteiger partial charge in [-0.1, -0.05) is 36.8 Å². The zero-order valence-electron chi connectivity index (χ0n) is 21.9. The minimum atomic E-state index is -0.571. The van der Waals surface area contributed by atoms with Crippen molar-refractivity contribution < 1.29 is 19.1 Å². The van der Waals surface area contributed by atoms with Gasteiger partial charge in [0.1, 0.15) is 6.61 Å². The average molecular weight is 520 g/mol. The number of amides is 3. The highest BCUT2D eigenvalue weighted by atomic mass is 16.5. The van der Waals surface area contributed by atoms with Crippen LogP contribution in [0.1, 0.15) is 41.6 Å². The summed E-state index contributed by atoms with van der Waals surface area (Å²) < 4.78 is 5.48. The highest BCUT2D eigenvalue weighted by molar-refractivity contribution is 5.98. The quantitative estimate of drug-likeness (QED) is 0.608. The number of ether oxygens (including phenoxy) is 1. The van der Waals surface area contributed by atoms with Crippen molar-refractivity contribution in [3.8, 4) is 0 Å². The Morgan fingerprint density at radius 3 is 2.39 bits per heavy atom. The van der Waals surface area contributed by atoms with Crippen molar-refractivity contribution in [1.82, 2.24) is 15.1 Å². The number of nitrogens with one attached hydrogen (secondary N) is 2. The monoisotopic (exact) mass is 519 g/mol. The van der Waals surface area contributed by atoms with Gasteiger partial charge in [0.15, 0.2) is 0 Å². The van der Waals surface area contributed by atoms with Crippen molar-refractivity contribution in [2.75, 3.05) is 62.6 Å². The number of hydrogen-bond acceptors (Lipinski definition) is 6. The molecule has 0 bridgehead atoms. The van der Waals surface area contributed by atoms with Crippen molar-refractivity contribution >= 4 is 29.3 Å². The Kier molecular flexibility index (Phi) is 8.43. The van der Waals surface area contributed by atoms with Gasteiger partial charge in [-0.25, -0.2) is 4.79 Å². The molecule has 38 heavy (non-hydrogen) atoms. The molecule has 1 aliphatic carbocycles. The number of rotatable bonds is 6. The number of hydrogen-bond donors (Lipinski definition) is 2. The summed E-state index contributed by atoms with van der Waals surface area (Å²) in [4.78, 5) is 44.9. The maximum absolute atomic E-state index is 13.2. The van der Waals surface area contributed by atoms with Crippen molar-refractivity contribution in [2.45, 2.75) is 32.3 Å². The summed E-state index contributed by atoms with van der Waals surface area (Å²) in [5, 5.41) is 6.17. The molecule has 9 heteroatoms. The predicted molar refractivity (Wildman–Crippen MR) is 146 cm³/mol. The summed E-state index contributed by atoms with van der Waals surface area (Å²) in [5.41, 5.74) is 2.80. The van der Waals surface area contributed by atoms with E-state index >= 15 is 0 Å². The Balaban J connectivity index is 1.32. The van der Waals surface area contributed by atoms with Gasteiger partial charge in [0, 0.05) is 63.8 Å². The molecule has 3 aliphatic rings. The molecule has 1 saturated carbocycles. The molecular weight excluding hydrogens is 482 g/mol. The van der Waals surface area contributed by atoms with Gasteiger partial charge in [-0.15, -0.1) is 0 Å². The fraction of sp³-hybridized carbons (Fsp3) is 0.483. The number of piperazine rings is 1. The van der Waals surface area contributed by atoms with E-state index in [1.807, 2.05) is 52.3 Å². The second-order valence-corrected chi connectivity index (χ2v) is 10.3. The van der Waals surface area contributed by atoms with Crippen LogP contribution in [0.5, 0.6) is 0 Å². The van der Waals surface area contributed by atoms with Crippen LogP contribution in [0.2, 0.25) is 0 Å². The highest BCUT2D eigenvalue weighted by Gasteiger charge is 2.31. The Morgan fingerprint density at radius 1 is 0.868 bits per heavy atom. The Labute approximate surface area is 224 Å². The van der Waals surface area contributed by atoms with Gasteiger partial charge in [-0.2, -0.15) is 0 Å². The first kappa shape index (κ1) is 26.0. The molecule has 2 heterocycles. The molecular formula is C29H37N5O4. The molecule has 0 radical (unpaired) electrons. The third-order valence-corrected chi connectivity index (χ3v) is 7.70. The minimum Gasteiger partial charge on any atom is -0.444 e. The van der Waals surface area contributed by atoms with Gasteiger partial charge in [-0.05, 0) is 43.0 Å². The van der Waals surface area contributed by atoms with Crippen molar-refractivity contribution in [2.24, 2.45) is 5.92 Å². The summed E-state index contributed by atoms with van der Waals surface area (Å²) in [6.45, 7) is 5.81. The highest BCUT2D eigenvalue weighted by Crippen LogP contribution is 2.31. The lowest BCUT2D eigenvalue weighted by Gasteiger charge is -2.31. The third-order valence-electron chi connectivity index (χ3n) is 7.70. The smallest absolute Gasteiger partial charge is 0.412 e. The first-order valence-corrected chi connectivity index (χ1v) is 13.7. The molecule has 2 saturated heterocycles. The van der Waals surface area contributed by atoms with Gasteiger partial charge >= 0.3 is 6.09 Å². The predicted octanol–water partition coefficient (Wildman–Crippen LogP) is 3.32. The molecule has 0 aromatic heterocycles. The third kappa shape index (κ3) is 6.27. The fourth-order valence-electron chi connectivity index (χ4n) is 5.26. The molecule has 2 aliphatic heterocycles. The van der Waals surface area contributed by atoms with Crippen LogP contribution in [-0.4, -0.2) is 80.1 Å². The lowest BCUT2D eigenvalue weighted by atomic mass is 9.84. The van der Waals surface area contributed by atoms with Crippen molar-refractivity contribution in [3.05, 3.63) is 59.7 Å². The summed E-state index contributed by atoms with van der Waals surface area (Å²) in [6.07, 6.45) is 3.42. The van der Waals surface area contributed by atoms with E-state index in [4.69, 9.17) is 4.74 Å². The van der Waals surface area contributed by atoms with E-state index in [9.17, 15) is 14.4 Å². The molecule has 0 atom stereocenters. The van der Waals surface area contributed by atoms with Crippen LogP contribution in [0.4, 0.5) is 16.2 Å². The van der Waals surface area contributed by atoms with Crippen LogP contribution in [0.25, 0.3) is 0 Å². The van der Waals surface area contributed by atoms with Gasteiger partial charge < -0.3 is 24.8 Å². The fourth-order valence-corrected chi connectivity index (χ4v) is 5.26. The second kappa shape index (κ2) is 12.3. The second-order valence-electron chi connectivity index (χ2n) is 10.3. The maximum Gasteiger partial charge on any atom is 0.412 e. The van der Waals surface area contributed by atoms with E-state index in [0.717, 1.165) is 63.1 Å². The number of anilines is 2. The van der Waals surface area contributed by atoms with E-state index in [-0.39, 0.29) is 24.3 Å². The van der Waals surface area contributed by atoms with E-state index in [1.165, 1.54) is 0 Å². The van der Waals surface area contributed by atoms with Crippen LogP contribution in [-0.2, 0) is 16.1 Å². The first-order valence-electron chi connectivity index (χ1n) is 13.7. The number of carbonyl (C=O) groups excluding carboxylic acids is 3. The van der Waals surface area contributed by atoms with Gasteiger partial charge in [0.25, 0.3) is 5.91 Å². The molecule has 3 fully saturated rings. The Hall–Kier alpha value is -3.59. The molecule has 9 nitrogen and oxygen atoms in total. The van der Waals surface area contributed by atoms with Crippen molar-refractivity contribution in [3.63, 3.8) is 0 Å². The molecule has 2 N–H and O–H groups in total. The maximum atomic E-state index is 13.2. The van der Waals surface area contributed by atoms with Crippen LogP contribution in [0.3, 0.4) is 0 Å². The summed E-state index contributed by atoms with van der Waals surface area (Å²) in [6, 6.07) is 15.0. The molecule has 3 amide bonds. The van der Waals surface area contributed by atoms with E-state index in [1.54, 1.807) is 6.07 Å². The van der Waals surface area contributed by atoms with Crippen molar-refractivity contribution in [1.29, 1.82) is 0 Å². The summed E-state index contributed by atoms with van der Waals surface area (Å²) in [7, 11) is 0. The van der Waals surface area contributed by atoms with Crippen LogP contribution in [0, 0.1) is 5.92 Å². The zero-order valence-corrected chi connectivity index (χ0v) is 21.9. The summed E-state index contributed by atoms with van der Waals surface area (Å²) >= 11 is 0. The van der Waals surface area contributed by atoms with Crippen LogP contribution in [0.15, 0.2) is 48.5 Å². The normalized spacial score (nSPS) is 18.4. The van der Waals surface area contributed by atoms with E-state index in [0.29, 0.717) is 37.4 Å². The van der Waals surface area contributed by atoms with E-state index < -0.39 is 6.09 Å². The largest absolute Gasteiger partial charge is 0.444 e. The lowest BCUT2D eigenvalue weighted by Crippen LogP contribution is -2.46. The SMILES string of the molecule is O=C(Nc1cc(C(=O)N2CCNCC2)ccc1N1CCCN(C(=O)C2CCC2)CC1)OCc1ccccc1. The number of nitrogens with zero attached hydrogens (tertiary/aromatic N) is 3. The molecule has 0 unspecified atom stereocenters. The molecule has 2 aromatic rings. The molecule has 5 rings (SSSR count). The standard InChI is InChI=1S/C29H37N5O4/c35-27(23-8-4-9-23)33-15-5-14-32(18-19-33)26-11-10-24(28(36)34-16-12-30-13-17-34)20-25(26)31-29(37)38-21-22-6-2-1-3-7-22/h1-3,6-7,10-11,20,23,30H,4-5,8-9,12-19,21H2,(H,31,37). The lowest BCUT2D eigenvalue weighted by molar-refractivity contribution is -0.137. The Morgan fingerprint density at radius 2 is 1.66 bits per heavy atom. The number of carbonyl (C=O) groups is 3. The summed E-state index contributed by atoms with van der Waals surface area (Å²) in [5.74, 6) is 0.415. The van der Waals surface area contributed by atoms with Gasteiger partial charge in [0.05, 0.1) is 11.4 Å². The van der Waals surface area contributed by atoms with Gasteiger partial charge in [-0.3, -0.25) is 14.9 Å². The van der Waals surface area contributed by atoms with Crippen LogP contribution < -0.4 is 15.5 Å². The molecule has 202 valence electrons. The first-order chi connectivity index (χ1) is 18.6. The van der Waals surface area contributed by atoms with Crippen LogP contribution >= 0.6 is 0 Å².